The second-order valence-corrected chi connectivity index (χ2v) is 7.86. The van der Waals surface area contributed by atoms with Crippen molar-refractivity contribution in [1.82, 2.24) is 20.4 Å². The minimum atomic E-state index is -0.183. The van der Waals surface area contributed by atoms with Crippen LogP contribution in [0.2, 0.25) is 0 Å². The summed E-state index contributed by atoms with van der Waals surface area (Å²) in [5.41, 5.74) is 2.99. The third-order valence-electron chi connectivity index (χ3n) is 4.83. The molecule has 8 heteroatoms. The Morgan fingerprint density at radius 3 is 2.69 bits per heavy atom. The summed E-state index contributed by atoms with van der Waals surface area (Å²) in [6.45, 7) is 7.47. The fraction of sp³-hybridized carbons (Fsp3) is 0.286. The lowest BCUT2D eigenvalue weighted by molar-refractivity contribution is 0.340. The van der Waals surface area contributed by atoms with Gasteiger partial charge >= 0.3 is 0 Å². The number of thiocarbonyl (C=S) groups is 1. The number of thiophene rings is 1. The number of rotatable bonds is 6. The molecule has 3 heterocycles. The molecule has 1 aliphatic heterocycles. The number of nitrogens with zero attached hydrogens (tertiary/aromatic N) is 3. The van der Waals surface area contributed by atoms with Gasteiger partial charge in [0.15, 0.2) is 5.11 Å². The Morgan fingerprint density at radius 1 is 1.24 bits per heavy atom. The molecule has 0 radical (unpaired) electrons. The summed E-state index contributed by atoms with van der Waals surface area (Å²) in [4.78, 5) is 7.70. The standard InChI is InChI=1S/C21H22N4O2S2/c1-4-25-13(3)17(20-23-19(24-27-20)16-7-6-12-29-16)18(22-21(25)28)14-8-10-15(11-9-14)26-5-2/h6-12,18H,4-5H2,1-3H3,(H,22,28). The summed E-state index contributed by atoms with van der Waals surface area (Å²) in [6, 6.07) is 11.8. The van der Waals surface area contributed by atoms with Gasteiger partial charge in [0.05, 0.1) is 23.1 Å². The Bertz CT molecular complexity index is 1030. The van der Waals surface area contributed by atoms with Gasteiger partial charge in [-0.1, -0.05) is 23.4 Å². The molecule has 1 unspecified atom stereocenters. The number of hydrogen-bond donors (Lipinski definition) is 1. The molecule has 0 amide bonds. The highest BCUT2D eigenvalue weighted by atomic mass is 32.1. The molecule has 1 atom stereocenters. The highest BCUT2D eigenvalue weighted by Gasteiger charge is 2.33. The monoisotopic (exact) mass is 426 g/mol. The molecule has 1 N–H and O–H groups in total. The molecular weight excluding hydrogens is 404 g/mol. The Balaban J connectivity index is 1.77. The van der Waals surface area contributed by atoms with Gasteiger partial charge in [-0.15, -0.1) is 11.3 Å². The van der Waals surface area contributed by atoms with Gasteiger partial charge in [-0.25, -0.2) is 0 Å². The average Bonchev–Trinajstić information content (AvgIpc) is 3.41. The molecule has 150 valence electrons. The van der Waals surface area contributed by atoms with Crippen molar-refractivity contribution in [3.63, 3.8) is 0 Å². The molecule has 0 spiro atoms. The molecule has 4 rings (SSSR count). The molecule has 0 bridgehead atoms. The van der Waals surface area contributed by atoms with Gasteiger partial charge in [0.1, 0.15) is 5.75 Å². The van der Waals surface area contributed by atoms with Gasteiger partial charge in [-0.05, 0) is 62.1 Å². The summed E-state index contributed by atoms with van der Waals surface area (Å²) in [7, 11) is 0. The number of benzene rings is 1. The van der Waals surface area contributed by atoms with Crippen LogP contribution in [0.15, 0.2) is 52.0 Å². The quantitative estimate of drug-likeness (QED) is 0.564. The smallest absolute Gasteiger partial charge is 0.258 e. The van der Waals surface area contributed by atoms with Crippen molar-refractivity contribution >= 4 is 34.2 Å². The van der Waals surface area contributed by atoms with E-state index < -0.39 is 0 Å². The second-order valence-electron chi connectivity index (χ2n) is 6.53. The predicted molar refractivity (Wildman–Crippen MR) is 119 cm³/mol. The van der Waals surface area contributed by atoms with Crippen molar-refractivity contribution in [2.75, 3.05) is 13.2 Å². The Labute approximate surface area is 179 Å². The van der Waals surface area contributed by atoms with Crippen LogP contribution < -0.4 is 10.1 Å². The Kier molecular flexibility index (Phi) is 5.64. The van der Waals surface area contributed by atoms with E-state index in [1.165, 1.54) is 0 Å². The lowest BCUT2D eigenvalue weighted by Gasteiger charge is -2.36. The van der Waals surface area contributed by atoms with Gasteiger partial charge in [-0.2, -0.15) is 4.98 Å². The molecular formula is C21H22N4O2S2. The minimum Gasteiger partial charge on any atom is -0.494 e. The highest BCUT2D eigenvalue weighted by molar-refractivity contribution is 7.80. The number of hydrogen-bond acceptors (Lipinski definition) is 6. The first-order valence-electron chi connectivity index (χ1n) is 9.51. The van der Waals surface area contributed by atoms with Gasteiger partial charge < -0.3 is 19.5 Å². The van der Waals surface area contributed by atoms with E-state index in [1.54, 1.807) is 11.3 Å². The lowest BCUT2D eigenvalue weighted by atomic mass is 9.95. The number of allylic oxidation sites excluding steroid dienone is 1. The maximum Gasteiger partial charge on any atom is 0.258 e. The average molecular weight is 427 g/mol. The third-order valence-corrected chi connectivity index (χ3v) is 6.04. The maximum atomic E-state index is 5.69. The lowest BCUT2D eigenvalue weighted by Crippen LogP contribution is -2.45. The van der Waals surface area contributed by atoms with Crippen molar-refractivity contribution in [2.45, 2.75) is 26.8 Å². The number of ether oxygens (including phenoxy) is 1. The molecule has 0 saturated heterocycles. The van der Waals surface area contributed by atoms with E-state index in [1.807, 2.05) is 60.5 Å². The van der Waals surface area contributed by atoms with Crippen LogP contribution in [0.5, 0.6) is 5.75 Å². The molecule has 2 aromatic heterocycles. The maximum absolute atomic E-state index is 5.69. The van der Waals surface area contributed by atoms with Crippen LogP contribution in [0.4, 0.5) is 0 Å². The largest absolute Gasteiger partial charge is 0.494 e. The Morgan fingerprint density at radius 2 is 2.03 bits per heavy atom. The van der Waals surface area contributed by atoms with E-state index >= 15 is 0 Å². The van der Waals surface area contributed by atoms with Crippen molar-refractivity contribution in [3.8, 4) is 16.5 Å². The third kappa shape index (κ3) is 3.77. The zero-order chi connectivity index (χ0) is 20.4. The van der Waals surface area contributed by atoms with Gasteiger partial charge in [0.2, 0.25) is 5.82 Å². The fourth-order valence-electron chi connectivity index (χ4n) is 3.45. The summed E-state index contributed by atoms with van der Waals surface area (Å²) < 4.78 is 11.3. The van der Waals surface area contributed by atoms with Crippen LogP contribution in [-0.2, 0) is 0 Å². The van der Waals surface area contributed by atoms with Gasteiger partial charge in [0.25, 0.3) is 5.89 Å². The normalized spacial score (nSPS) is 16.9. The van der Waals surface area contributed by atoms with E-state index in [0.29, 0.717) is 23.4 Å². The number of aromatic nitrogens is 2. The van der Waals surface area contributed by atoms with Crippen molar-refractivity contribution in [2.24, 2.45) is 0 Å². The zero-order valence-electron chi connectivity index (χ0n) is 16.5. The van der Waals surface area contributed by atoms with Crippen LogP contribution in [0.3, 0.4) is 0 Å². The van der Waals surface area contributed by atoms with E-state index in [4.69, 9.17) is 21.5 Å². The highest BCUT2D eigenvalue weighted by Crippen LogP contribution is 2.38. The van der Waals surface area contributed by atoms with Crippen molar-refractivity contribution < 1.29 is 9.26 Å². The molecule has 0 fully saturated rings. The molecule has 0 aliphatic carbocycles. The van der Waals surface area contributed by atoms with Crippen LogP contribution in [0.25, 0.3) is 16.3 Å². The summed E-state index contributed by atoms with van der Waals surface area (Å²) in [6.07, 6.45) is 0. The van der Waals surface area contributed by atoms with Crippen LogP contribution in [0, 0.1) is 0 Å². The van der Waals surface area contributed by atoms with Crippen LogP contribution >= 0.6 is 23.6 Å². The zero-order valence-corrected chi connectivity index (χ0v) is 18.1. The van der Waals surface area contributed by atoms with E-state index in [9.17, 15) is 0 Å². The van der Waals surface area contributed by atoms with E-state index in [2.05, 4.69) is 22.4 Å². The van der Waals surface area contributed by atoms with Gasteiger partial charge in [0, 0.05) is 12.2 Å². The second kappa shape index (κ2) is 8.34. The first-order valence-corrected chi connectivity index (χ1v) is 10.8. The summed E-state index contributed by atoms with van der Waals surface area (Å²) in [5.74, 6) is 1.93. The number of nitrogens with one attached hydrogen (secondary N) is 1. The SMILES string of the molecule is CCOc1ccc(C2NC(=S)N(CC)C(C)=C2c2nc(-c3cccs3)no2)cc1. The predicted octanol–water partition coefficient (Wildman–Crippen LogP) is 4.88. The molecule has 6 nitrogen and oxygen atoms in total. The van der Waals surface area contributed by atoms with Crippen LogP contribution in [-0.4, -0.2) is 33.3 Å². The summed E-state index contributed by atoms with van der Waals surface area (Å²) in [5, 5.41) is 10.3. The first kappa shape index (κ1) is 19.6. The molecule has 1 aliphatic rings. The first-order chi connectivity index (χ1) is 14.1. The minimum absolute atomic E-state index is 0.183. The molecule has 29 heavy (non-hydrogen) atoms. The van der Waals surface area contributed by atoms with Crippen molar-refractivity contribution in [1.29, 1.82) is 0 Å². The molecule has 0 saturated carbocycles. The topological polar surface area (TPSA) is 63.4 Å². The van der Waals surface area contributed by atoms with Gasteiger partial charge in [-0.3, -0.25) is 0 Å². The summed E-state index contributed by atoms with van der Waals surface area (Å²) >= 11 is 7.20. The van der Waals surface area contributed by atoms with Crippen molar-refractivity contribution in [3.05, 3.63) is 58.9 Å². The van der Waals surface area contributed by atoms with Crippen LogP contribution in [0.1, 0.15) is 38.3 Å². The van der Waals surface area contributed by atoms with E-state index in [0.717, 1.165) is 34.0 Å². The molecule has 1 aromatic carbocycles. The van der Waals surface area contributed by atoms with E-state index in [-0.39, 0.29) is 6.04 Å². The molecule has 3 aromatic rings. The Hall–Kier alpha value is -2.71. The fourth-order valence-corrected chi connectivity index (χ4v) is 4.48.